The average molecular weight is 382 g/mol. The van der Waals surface area contributed by atoms with Crippen LogP contribution in [0.4, 0.5) is 5.69 Å². The fraction of sp³-hybridized carbons (Fsp3) is 0.381. The lowest BCUT2D eigenvalue weighted by Crippen LogP contribution is -2.50. The minimum absolute atomic E-state index is 0.0509. The molecule has 1 atom stereocenters. The Kier molecular flexibility index (Phi) is 6.97. The van der Waals surface area contributed by atoms with Crippen LogP contribution < -0.4 is 10.2 Å². The molecule has 0 bridgehead atoms. The van der Waals surface area contributed by atoms with Gasteiger partial charge in [-0.3, -0.25) is 14.7 Å². The molecule has 1 aromatic heterocycles. The number of hydrogen-bond donors (Lipinski definition) is 1. The van der Waals surface area contributed by atoms with E-state index in [1.165, 1.54) is 5.69 Å². The smallest absolute Gasteiger partial charge is 0.396 e. The van der Waals surface area contributed by atoms with E-state index < -0.39 is 11.9 Å². The second-order valence-corrected chi connectivity index (χ2v) is 6.59. The number of esters is 1. The lowest BCUT2D eigenvalue weighted by Gasteiger charge is -2.40. The molecule has 1 aromatic carbocycles. The molecule has 3 rings (SSSR count). The zero-order valence-electron chi connectivity index (χ0n) is 16.1. The Labute approximate surface area is 165 Å². The first-order valence-corrected chi connectivity index (χ1v) is 9.58. The van der Waals surface area contributed by atoms with E-state index in [0.717, 1.165) is 31.7 Å². The zero-order valence-corrected chi connectivity index (χ0v) is 16.1. The number of amides is 1. The fourth-order valence-corrected chi connectivity index (χ4v) is 3.42. The summed E-state index contributed by atoms with van der Waals surface area (Å²) in [7, 11) is 0. The Balaban J connectivity index is 1.65. The molecule has 1 aliphatic heterocycles. The van der Waals surface area contributed by atoms with Crippen LogP contribution >= 0.6 is 0 Å². The lowest BCUT2D eigenvalue weighted by atomic mass is 10.1. The van der Waals surface area contributed by atoms with Crippen molar-refractivity contribution in [1.29, 1.82) is 0 Å². The first-order valence-electron chi connectivity index (χ1n) is 9.58. The zero-order chi connectivity index (χ0) is 19.8. The molecule has 148 valence electrons. The monoisotopic (exact) mass is 382 g/mol. The summed E-state index contributed by atoms with van der Waals surface area (Å²) in [6, 6.07) is 14.2. The summed E-state index contributed by atoms with van der Waals surface area (Å²) in [5.41, 5.74) is 2.23. The molecule has 0 saturated carbocycles. The molecule has 0 unspecified atom stereocenters. The molecule has 0 spiro atoms. The molecule has 1 fully saturated rings. The van der Waals surface area contributed by atoms with Gasteiger partial charge < -0.3 is 15.0 Å². The van der Waals surface area contributed by atoms with E-state index in [2.05, 4.69) is 32.2 Å². The number of ether oxygens (including phenoxy) is 1. The Bertz CT molecular complexity index is 762. The number of carbonyl (C=O) groups excluding carboxylic acids is 2. The number of para-hydroxylation sites is 1. The highest BCUT2D eigenvalue weighted by Crippen LogP contribution is 2.23. The number of nitrogens with one attached hydrogen (secondary N) is 1. The number of anilines is 1. The van der Waals surface area contributed by atoms with Crippen LogP contribution in [0.3, 0.4) is 0 Å². The Morgan fingerprint density at radius 1 is 1.11 bits per heavy atom. The minimum atomic E-state index is -0.846. The number of nitrogens with zero attached hydrogens (tertiary/aromatic N) is 3. The molecule has 0 radical (unpaired) electrons. The number of carbonyl (C=O) groups is 2. The summed E-state index contributed by atoms with van der Waals surface area (Å²) in [5.74, 6) is -1.56. The summed E-state index contributed by atoms with van der Waals surface area (Å²) in [6.07, 6.45) is 3.54. The summed E-state index contributed by atoms with van der Waals surface area (Å²) >= 11 is 0. The van der Waals surface area contributed by atoms with Gasteiger partial charge in [0.2, 0.25) is 0 Å². The fourth-order valence-electron chi connectivity index (χ4n) is 3.42. The van der Waals surface area contributed by atoms with E-state index in [9.17, 15) is 9.59 Å². The molecule has 1 saturated heterocycles. The first-order chi connectivity index (χ1) is 13.7. The van der Waals surface area contributed by atoms with Crippen LogP contribution in [0.25, 0.3) is 0 Å². The van der Waals surface area contributed by atoms with Gasteiger partial charge in [-0.25, -0.2) is 4.79 Å². The molecule has 1 aliphatic rings. The van der Waals surface area contributed by atoms with Crippen LogP contribution in [0.5, 0.6) is 0 Å². The van der Waals surface area contributed by atoms with E-state index >= 15 is 0 Å². The quantitative estimate of drug-likeness (QED) is 0.605. The molecule has 1 amide bonds. The van der Waals surface area contributed by atoms with Crippen LogP contribution in [0.15, 0.2) is 54.9 Å². The van der Waals surface area contributed by atoms with Crippen molar-refractivity contribution in [2.75, 3.05) is 44.2 Å². The van der Waals surface area contributed by atoms with Crippen LogP contribution in [0.1, 0.15) is 18.5 Å². The van der Waals surface area contributed by atoms with Crippen molar-refractivity contribution in [2.45, 2.75) is 13.0 Å². The molecule has 7 heteroatoms. The largest absolute Gasteiger partial charge is 0.459 e. The predicted molar refractivity (Wildman–Crippen MR) is 107 cm³/mol. The van der Waals surface area contributed by atoms with Gasteiger partial charge in [-0.1, -0.05) is 24.3 Å². The van der Waals surface area contributed by atoms with Crippen molar-refractivity contribution in [3.63, 3.8) is 0 Å². The molecule has 2 aromatic rings. The summed E-state index contributed by atoms with van der Waals surface area (Å²) < 4.78 is 4.77. The number of piperazine rings is 1. The molecule has 28 heavy (non-hydrogen) atoms. The van der Waals surface area contributed by atoms with Crippen LogP contribution in [0.2, 0.25) is 0 Å². The standard InChI is InChI=1S/C21H26N4O3/c1-2-28-21(27)20(26)23-16-19(17-7-6-10-22-15-17)25-13-11-24(12-14-25)18-8-4-3-5-9-18/h3-10,15,19H,2,11-14,16H2,1H3,(H,23,26)/t19-/m0/s1. The van der Waals surface area contributed by atoms with E-state index in [4.69, 9.17) is 4.74 Å². The maximum Gasteiger partial charge on any atom is 0.396 e. The number of hydrogen-bond acceptors (Lipinski definition) is 6. The molecule has 7 nitrogen and oxygen atoms in total. The van der Waals surface area contributed by atoms with Gasteiger partial charge in [-0.15, -0.1) is 0 Å². The van der Waals surface area contributed by atoms with Gasteiger partial charge >= 0.3 is 11.9 Å². The number of benzene rings is 1. The highest BCUT2D eigenvalue weighted by Gasteiger charge is 2.27. The third-order valence-electron chi connectivity index (χ3n) is 4.86. The second kappa shape index (κ2) is 9.85. The number of aromatic nitrogens is 1. The predicted octanol–water partition coefficient (Wildman–Crippen LogP) is 1.62. The first kappa shape index (κ1) is 19.8. The third kappa shape index (κ3) is 5.07. The topological polar surface area (TPSA) is 74.8 Å². The van der Waals surface area contributed by atoms with Gasteiger partial charge in [-0.2, -0.15) is 0 Å². The maximum absolute atomic E-state index is 12.0. The van der Waals surface area contributed by atoms with Gasteiger partial charge in [0.25, 0.3) is 0 Å². The van der Waals surface area contributed by atoms with Crippen molar-refractivity contribution in [3.05, 3.63) is 60.4 Å². The van der Waals surface area contributed by atoms with E-state index in [0.29, 0.717) is 6.54 Å². The van der Waals surface area contributed by atoms with Gasteiger partial charge in [0.05, 0.1) is 12.6 Å². The van der Waals surface area contributed by atoms with Crippen molar-refractivity contribution >= 4 is 17.6 Å². The number of pyridine rings is 1. The molecule has 0 aliphatic carbocycles. The van der Waals surface area contributed by atoms with Crippen molar-refractivity contribution in [1.82, 2.24) is 15.2 Å². The Morgan fingerprint density at radius 2 is 1.86 bits per heavy atom. The van der Waals surface area contributed by atoms with Crippen molar-refractivity contribution in [3.8, 4) is 0 Å². The van der Waals surface area contributed by atoms with Crippen LogP contribution in [-0.4, -0.2) is 61.1 Å². The van der Waals surface area contributed by atoms with E-state index in [-0.39, 0.29) is 12.6 Å². The van der Waals surface area contributed by atoms with Gasteiger partial charge in [0.15, 0.2) is 0 Å². The van der Waals surface area contributed by atoms with Gasteiger partial charge in [0.1, 0.15) is 0 Å². The minimum Gasteiger partial charge on any atom is -0.459 e. The Hall–Kier alpha value is -2.93. The maximum atomic E-state index is 12.0. The van der Waals surface area contributed by atoms with Gasteiger partial charge in [-0.05, 0) is 30.7 Å². The lowest BCUT2D eigenvalue weighted by molar-refractivity contribution is -0.154. The number of rotatable bonds is 6. The van der Waals surface area contributed by atoms with Gasteiger partial charge in [0, 0.05) is 50.8 Å². The highest BCUT2D eigenvalue weighted by atomic mass is 16.5. The molecule has 2 heterocycles. The van der Waals surface area contributed by atoms with E-state index in [1.807, 2.05) is 36.5 Å². The highest BCUT2D eigenvalue weighted by molar-refractivity contribution is 6.32. The molecular formula is C21H26N4O3. The van der Waals surface area contributed by atoms with E-state index in [1.54, 1.807) is 13.1 Å². The second-order valence-electron chi connectivity index (χ2n) is 6.59. The summed E-state index contributed by atoms with van der Waals surface area (Å²) in [6.45, 7) is 5.68. The van der Waals surface area contributed by atoms with Crippen LogP contribution in [0, 0.1) is 0 Å². The SMILES string of the molecule is CCOC(=O)C(=O)NC[C@@H](c1cccnc1)N1CCN(c2ccccc2)CC1. The van der Waals surface area contributed by atoms with Crippen molar-refractivity contribution < 1.29 is 14.3 Å². The normalized spacial score (nSPS) is 15.7. The molecular weight excluding hydrogens is 356 g/mol. The third-order valence-corrected chi connectivity index (χ3v) is 4.86. The van der Waals surface area contributed by atoms with Crippen molar-refractivity contribution in [2.24, 2.45) is 0 Å². The summed E-state index contributed by atoms with van der Waals surface area (Å²) in [5, 5.41) is 2.71. The average Bonchev–Trinajstić information content (AvgIpc) is 2.76. The summed E-state index contributed by atoms with van der Waals surface area (Å²) in [4.78, 5) is 32.5. The molecule has 1 N–H and O–H groups in total. The Morgan fingerprint density at radius 3 is 2.50 bits per heavy atom. The van der Waals surface area contributed by atoms with Crippen LogP contribution in [-0.2, 0) is 14.3 Å².